The minimum atomic E-state index is -0.333. The lowest BCUT2D eigenvalue weighted by molar-refractivity contribution is -0.117. The quantitative estimate of drug-likeness (QED) is 0.628. The molecule has 1 aliphatic heterocycles. The first-order chi connectivity index (χ1) is 15.1. The van der Waals surface area contributed by atoms with Gasteiger partial charge in [0.1, 0.15) is 12.3 Å². The second-order valence-electron chi connectivity index (χ2n) is 7.64. The van der Waals surface area contributed by atoms with Crippen molar-refractivity contribution in [2.75, 3.05) is 25.0 Å². The molecule has 7 nitrogen and oxygen atoms in total. The summed E-state index contributed by atoms with van der Waals surface area (Å²) in [5.41, 5.74) is 2.64. The van der Waals surface area contributed by atoms with E-state index in [0.717, 1.165) is 24.0 Å². The summed E-state index contributed by atoms with van der Waals surface area (Å²) < 4.78 is 10.7. The minimum absolute atomic E-state index is 0.0605. The van der Waals surface area contributed by atoms with Crippen LogP contribution in [-0.2, 0) is 9.53 Å². The van der Waals surface area contributed by atoms with Crippen molar-refractivity contribution in [2.45, 2.75) is 25.9 Å². The van der Waals surface area contributed by atoms with Crippen LogP contribution < -0.4 is 5.32 Å². The van der Waals surface area contributed by atoms with E-state index >= 15 is 0 Å². The molecule has 2 amide bonds. The van der Waals surface area contributed by atoms with Crippen molar-refractivity contribution in [3.63, 3.8) is 0 Å². The molecule has 1 atom stereocenters. The van der Waals surface area contributed by atoms with Crippen LogP contribution in [0.1, 0.15) is 29.0 Å². The first-order valence-electron chi connectivity index (χ1n) is 10.4. The Morgan fingerprint density at radius 1 is 1.10 bits per heavy atom. The highest BCUT2D eigenvalue weighted by molar-refractivity contribution is 5.99. The number of nitrogens with one attached hydrogen (secondary N) is 1. The van der Waals surface area contributed by atoms with Crippen LogP contribution in [0, 0.1) is 6.92 Å². The molecule has 4 rings (SSSR count). The zero-order valence-electron chi connectivity index (χ0n) is 17.4. The van der Waals surface area contributed by atoms with E-state index in [0.29, 0.717) is 30.3 Å². The number of anilines is 1. The molecule has 1 aliphatic rings. The van der Waals surface area contributed by atoms with Gasteiger partial charge in [-0.1, -0.05) is 47.6 Å². The summed E-state index contributed by atoms with van der Waals surface area (Å²) >= 11 is 0. The number of aryl methyl sites for hydroxylation is 1. The zero-order valence-corrected chi connectivity index (χ0v) is 17.4. The molecule has 160 valence electrons. The number of ether oxygens (including phenoxy) is 1. The first kappa shape index (κ1) is 20.8. The van der Waals surface area contributed by atoms with Gasteiger partial charge in [-0.15, -0.1) is 0 Å². The number of aromatic nitrogens is 1. The Hall–Kier alpha value is -3.45. The summed E-state index contributed by atoms with van der Waals surface area (Å²) in [4.78, 5) is 27.3. The van der Waals surface area contributed by atoms with Crippen molar-refractivity contribution in [1.29, 1.82) is 0 Å². The molecule has 1 N–H and O–H groups in total. The van der Waals surface area contributed by atoms with E-state index in [1.54, 1.807) is 25.1 Å². The van der Waals surface area contributed by atoms with Gasteiger partial charge in [0.05, 0.1) is 6.10 Å². The van der Waals surface area contributed by atoms with Gasteiger partial charge in [-0.3, -0.25) is 9.59 Å². The van der Waals surface area contributed by atoms with Gasteiger partial charge >= 0.3 is 0 Å². The zero-order chi connectivity index (χ0) is 21.6. The Morgan fingerprint density at radius 3 is 2.48 bits per heavy atom. The molecule has 2 aromatic carbocycles. The van der Waals surface area contributed by atoms with E-state index < -0.39 is 0 Å². The van der Waals surface area contributed by atoms with Crippen LogP contribution in [0.4, 0.5) is 5.82 Å². The summed E-state index contributed by atoms with van der Waals surface area (Å²) in [6.07, 6.45) is 1.78. The maximum absolute atomic E-state index is 13.2. The van der Waals surface area contributed by atoms with Crippen molar-refractivity contribution < 1.29 is 18.8 Å². The number of nitrogens with zero attached hydrogens (tertiary/aromatic N) is 2. The number of benzene rings is 2. The van der Waals surface area contributed by atoms with Gasteiger partial charge in [-0.25, -0.2) is 0 Å². The van der Waals surface area contributed by atoms with Gasteiger partial charge in [0.15, 0.2) is 5.82 Å². The number of rotatable bonds is 7. The van der Waals surface area contributed by atoms with Crippen molar-refractivity contribution in [2.24, 2.45) is 0 Å². The number of carbonyl (C=O) groups excluding carboxylic acids is 2. The van der Waals surface area contributed by atoms with Gasteiger partial charge in [-0.2, -0.15) is 0 Å². The highest BCUT2D eigenvalue weighted by atomic mass is 16.5. The van der Waals surface area contributed by atoms with E-state index in [-0.39, 0.29) is 24.5 Å². The third-order valence-corrected chi connectivity index (χ3v) is 5.20. The van der Waals surface area contributed by atoms with Crippen LogP contribution in [0.25, 0.3) is 11.1 Å². The maximum atomic E-state index is 13.2. The molecule has 3 aromatic rings. The predicted octanol–water partition coefficient (Wildman–Crippen LogP) is 3.91. The van der Waals surface area contributed by atoms with Gasteiger partial charge in [-0.05, 0) is 43.0 Å². The molecule has 1 saturated heterocycles. The molecule has 2 heterocycles. The van der Waals surface area contributed by atoms with Crippen LogP contribution in [-0.4, -0.2) is 47.7 Å². The van der Waals surface area contributed by atoms with Crippen LogP contribution in [0.15, 0.2) is 65.2 Å². The Morgan fingerprint density at radius 2 is 1.84 bits per heavy atom. The maximum Gasteiger partial charge on any atom is 0.254 e. The predicted molar refractivity (Wildman–Crippen MR) is 117 cm³/mol. The average molecular weight is 419 g/mol. The van der Waals surface area contributed by atoms with E-state index in [4.69, 9.17) is 9.26 Å². The normalized spacial score (nSPS) is 15.6. The summed E-state index contributed by atoms with van der Waals surface area (Å²) in [5.74, 6) is 0.391. The van der Waals surface area contributed by atoms with E-state index in [2.05, 4.69) is 10.5 Å². The topological polar surface area (TPSA) is 84.7 Å². The minimum Gasteiger partial charge on any atom is -0.376 e. The molecule has 0 saturated carbocycles. The fourth-order valence-corrected chi connectivity index (χ4v) is 3.65. The molecule has 0 bridgehead atoms. The smallest absolute Gasteiger partial charge is 0.254 e. The summed E-state index contributed by atoms with van der Waals surface area (Å²) in [6.45, 7) is 2.70. The summed E-state index contributed by atoms with van der Waals surface area (Å²) in [7, 11) is 0. The van der Waals surface area contributed by atoms with Gasteiger partial charge < -0.3 is 19.5 Å². The van der Waals surface area contributed by atoms with Gasteiger partial charge in [0, 0.05) is 24.8 Å². The molecule has 7 heteroatoms. The third kappa shape index (κ3) is 5.38. The molecule has 0 spiro atoms. The van der Waals surface area contributed by atoms with Gasteiger partial charge in [0.25, 0.3) is 5.91 Å². The standard InChI is InChI=1S/C24H25N3O4/c1-17-14-22(26-31-17)25-23(28)16-27(15-21-8-5-13-30-21)24(29)20-11-9-19(10-12-20)18-6-3-2-4-7-18/h2-4,6-7,9-12,14,21H,5,8,13,15-16H2,1H3,(H,25,26,28)/t21-/m1/s1. The van der Waals surface area contributed by atoms with E-state index in [1.807, 2.05) is 42.5 Å². The van der Waals surface area contributed by atoms with Gasteiger partial charge in [0.2, 0.25) is 5.91 Å². The van der Waals surface area contributed by atoms with Crippen molar-refractivity contribution >= 4 is 17.6 Å². The summed E-state index contributed by atoms with van der Waals surface area (Å²) in [6, 6.07) is 19.0. The van der Waals surface area contributed by atoms with Crippen molar-refractivity contribution in [1.82, 2.24) is 10.1 Å². The fraction of sp³-hybridized carbons (Fsp3) is 0.292. The number of carbonyl (C=O) groups is 2. The molecule has 1 fully saturated rings. The number of hydrogen-bond acceptors (Lipinski definition) is 5. The van der Waals surface area contributed by atoms with Crippen LogP contribution in [0.3, 0.4) is 0 Å². The highest BCUT2D eigenvalue weighted by Gasteiger charge is 2.25. The molecule has 0 unspecified atom stereocenters. The lowest BCUT2D eigenvalue weighted by Crippen LogP contribution is -2.42. The highest BCUT2D eigenvalue weighted by Crippen LogP contribution is 2.21. The molecule has 31 heavy (non-hydrogen) atoms. The number of hydrogen-bond donors (Lipinski definition) is 1. The molecule has 1 aromatic heterocycles. The van der Waals surface area contributed by atoms with Crippen molar-refractivity contribution in [3.8, 4) is 11.1 Å². The van der Waals surface area contributed by atoms with Crippen LogP contribution >= 0.6 is 0 Å². The van der Waals surface area contributed by atoms with E-state index in [9.17, 15) is 9.59 Å². The molecular formula is C24H25N3O4. The summed E-state index contributed by atoms with van der Waals surface area (Å²) in [5, 5.41) is 6.45. The number of amides is 2. The fourth-order valence-electron chi connectivity index (χ4n) is 3.65. The Labute approximate surface area is 181 Å². The Balaban J connectivity index is 1.48. The molecular weight excluding hydrogens is 394 g/mol. The van der Waals surface area contributed by atoms with Crippen molar-refractivity contribution in [3.05, 3.63) is 72.0 Å². The Bertz CT molecular complexity index is 1020. The molecule has 0 aliphatic carbocycles. The lowest BCUT2D eigenvalue weighted by Gasteiger charge is -2.25. The largest absolute Gasteiger partial charge is 0.376 e. The van der Waals surface area contributed by atoms with E-state index in [1.165, 1.54) is 4.90 Å². The second kappa shape index (κ2) is 9.57. The first-order valence-corrected chi connectivity index (χ1v) is 10.4. The van der Waals surface area contributed by atoms with Crippen LogP contribution in [0.2, 0.25) is 0 Å². The lowest BCUT2D eigenvalue weighted by atomic mass is 10.0. The third-order valence-electron chi connectivity index (χ3n) is 5.20. The Kier molecular flexibility index (Phi) is 6.43. The SMILES string of the molecule is Cc1cc(NC(=O)CN(C[C@H]2CCCO2)C(=O)c2ccc(-c3ccccc3)cc2)no1. The monoisotopic (exact) mass is 419 g/mol. The van der Waals surface area contributed by atoms with Crippen LogP contribution in [0.5, 0.6) is 0 Å². The second-order valence-corrected chi connectivity index (χ2v) is 7.64. The average Bonchev–Trinajstić information content (AvgIpc) is 3.45. The molecule has 0 radical (unpaired) electrons.